The number of hydrogen-bond donors (Lipinski definition) is 1. The summed E-state index contributed by atoms with van der Waals surface area (Å²) >= 11 is 0. The first-order valence-electron chi connectivity index (χ1n) is 9.70. The molecular weight excluding hydrogens is 312 g/mol. The molecule has 1 aliphatic carbocycles. The summed E-state index contributed by atoms with van der Waals surface area (Å²) in [5.41, 5.74) is 5.30. The van der Waals surface area contributed by atoms with E-state index in [1.54, 1.807) is 0 Å². The highest BCUT2D eigenvalue weighted by Gasteiger charge is 2.25. The van der Waals surface area contributed by atoms with Crippen LogP contribution in [0.2, 0.25) is 0 Å². The summed E-state index contributed by atoms with van der Waals surface area (Å²) < 4.78 is 5.36. The summed E-state index contributed by atoms with van der Waals surface area (Å²) in [6.07, 6.45) is 11.6. The Morgan fingerprint density at radius 2 is 1.84 bits per heavy atom. The average Bonchev–Trinajstić information content (AvgIpc) is 2.81. The zero-order valence-electron chi connectivity index (χ0n) is 15.5. The number of aliphatic hydroxyl groups is 1. The van der Waals surface area contributed by atoms with Gasteiger partial charge in [-0.2, -0.15) is 0 Å². The van der Waals surface area contributed by atoms with Crippen molar-refractivity contribution in [3.8, 4) is 0 Å². The summed E-state index contributed by atoms with van der Waals surface area (Å²) in [5, 5.41) is 9.79. The molecule has 0 bridgehead atoms. The Morgan fingerprint density at radius 1 is 1.12 bits per heavy atom. The predicted octanol–water partition coefficient (Wildman–Crippen LogP) is 4.82. The Labute approximate surface area is 151 Å². The fourth-order valence-electron chi connectivity index (χ4n) is 4.30. The van der Waals surface area contributed by atoms with Crippen LogP contribution in [0, 0.1) is 13.8 Å². The first-order chi connectivity index (χ1) is 12.0. The maximum absolute atomic E-state index is 11.5. The van der Waals surface area contributed by atoms with Crippen molar-refractivity contribution in [1.29, 1.82) is 0 Å². The Kier molecular flexibility index (Phi) is 5.95. The standard InChI is InChI=1S/C22H30O3/c1-15-11-16(2)20(10-9-19-13-18(23)14-22(24)25-19)21(12-15)17-7-5-3-4-6-8-17/h9-12,17-19,23H,3-8,13-14H2,1-2H3/b10-9+. The molecule has 1 N–H and O–H groups in total. The van der Waals surface area contributed by atoms with Crippen LogP contribution >= 0.6 is 0 Å². The molecule has 136 valence electrons. The van der Waals surface area contributed by atoms with Crippen molar-refractivity contribution in [3.63, 3.8) is 0 Å². The summed E-state index contributed by atoms with van der Waals surface area (Å²) in [6.45, 7) is 4.33. The van der Waals surface area contributed by atoms with Crippen molar-refractivity contribution in [2.75, 3.05) is 0 Å². The molecule has 0 aromatic heterocycles. The van der Waals surface area contributed by atoms with E-state index in [4.69, 9.17) is 4.74 Å². The SMILES string of the molecule is Cc1cc(C)c(/C=C/C2CC(O)CC(=O)O2)c(C2CCCCCC2)c1. The van der Waals surface area contributed by atoms with E-state index in [1.807, 2.05) is 6.08 Å². The van der Waals surface area contributed by atoms with Crippen LogP contribution in [-0.2, 0) is 9.53 Å². The van der Waals surface area contributed by atoms with E-state index in [2.05, 4.69) is 32.1 Å². The molecule has 1 saturated carbocycles. The summed E-state index contributed by atoms with van der Waals surface area (Å²) in [6, 6.07) is 4.56. The van der Waals surface area contributed by atoms with Crippen LogP contribution in [0.4, 0.5) is 0 Å². The minimum atomic E-state index is -0.587. The Morgan fingerprint density at radius 3 is 2.52 bits per heavy atom. The maximum Gasteiger partial charge on any atom is 0.309 e. The van der Waals surface area contributed by atoms with E-state index < -0.39 is 6.10 Å². The van der Waals surface area contributed by atoms with Crippen molar-refractivity contribution in [2.45, 2.75) is 83.3 Å². The smallest absolute Gasteiger partial charge is 0.309 e. The lowest BCUT2D eigenvalue weighted by Crippen LogP contribution is -2.31. The second kappa shape index (κ2) is 8.18. The number of carbonyl (C=O) groups is 1. The van der Waals surface area contributed by atoms with Crippen LogP contribution in [0.15, 0.2) is 18.2 Å². The van der Waals surface area contributed by atoms with Crippen molar-refractivity contribution < 1.29 is 14.6 Å². The highest BCUT2D eigenvalue weighted by Crippen LogP contribution is 2.36. The molecule has 1 heterocycles. The van der Waals surface area contributed by atoms with Crippen LogP contribution in [0.5, 0.6) is 0 Å². The van der Waals surface area contributed by atoms with Gasteiger partial charge < -0.3 is 9.84 Å². The van der Waals surface area contributed by atoms with E-state index >= 15 is 0 Å². The first kappa shape index (κ1) is 18.2. The molecule has 2 fully saturated rings. The van der Waals surface area contributed by atoms with Gasteiger partial charge in [0, 0.05) is 6.42 Å². The number of cyclic esters (lactones) is 1. The molecule has 3 rings (SSSR count). The molecule has 1 aromatic rings. The van der Waals surface area contributed by atoms with Gasteiger partial charge in [-0.1, -0.05) is 49.5 Å². The van der Waals surface area contributed by atoms with E-state index in [0.29, 0.717) is 12.3 Å². The van der Waals surface area contributed by atoms with Crippen molar-refractivity contribution >= 4 is 12.0 Å². The van der Waals surface area contributed by atoms with E-state index in [-0.39, 0.29) is 18.5 Å². The largest absolute Gasteiger partial charge is 0.458 e. The number of esters is 1. The van der Waals surface area contributed by atoms with E-state index in [0.717, 1.165) is 0 Å². The highest BCUT2D eigenvalue weighted by molar-refractivity contribution is 5.71. The number of benzene rings is 1. The Bertz CT molecular complexity index is 639. The third kappa shape index (κ3) is 4.72. The zero-order chi connectivity index (χ0) is 17.8. The van der Waals surface area contributed by atoms with E-state index in [9.17, 15) is 9.90 Å². The van der Waals surface area contributed by atoms with Gasteiger partial charge in [0.2, 0.25) is 0 Å². The van der Waals surface area contributed by atoms with Gasteiger partial charge in [-0.25, -0.2) is 0 Å². The molecule has 1 aromatic carbocycles. The third-order valence-electron chi connectivity index (χ3n) is 5.53. The molecule has 1 saturated heterocycles. The molecule has 1 aliphatic heterocycles. The highest BCUT2D eigenvalue weighted by atomic mass is 16.5. The number of aryl methyl sites for hydroxylation is 2. The lowest BCUT2D eigenvalue weighted by molar-refractivity contribution is -0.156. The Hall–Kier alpha value is -1.61. The molecule has 25 heavy (non-hydrogen) atoms. The second-order valence-corrected chi connectivity index (χ2v) is 7.75. The molecular formula is C22H30O3. The van der Waals surface area contributed by atoms with Crippen LogP contribution in [0.1, 0.15) is 79.5 Å². The van der Waals surface area contributed by atoms with Crippen LogP contribution in [0.25, 0.3) is 6.08 Å². The van der Waals surface area contributed by atoms with Gasteiger partial charge in [0.15, 0.2) is 0 Å². The molecule has 0 spiro atoms. The normalized spacial score (nSPS) is 25.8. The minimum absolute atomic E-state index is 0.112. The first-order valence-corrected chi connectivity index (χ1v) is 9.70. The molecule has 3 nitrogen and oxygen atoms in total. The lowest BCUT2D eigenvalue weighted by atomic mass is 9.85. The number of rotatable bonds is 3. The molecule has 0 radical (unpaired) electrons. The molecule has 2 aliphatic rings. The van der Waals surface area contributed by atoms with Gasteiger partial charge in [0.25, 0.3) is 0 Å². The predicted molar refractivity (Wildman–Crippen MR) is 101 cm³/mol. The van der Waals surface area contributed by atoms with Gasteiger partial charge in [-0.15, -0.1) is 0 Å². The second-order valence-electron chi connectivity index (χ2n) is 7.75. The van der Waals surface area contributed by atoms with Gasteiger partial charge in [-0.05, 0) is 55.4 Å². The number of carbonyl (C=O) groups excluding carboxylic acids is 1. The average molecular weight is 342 g/mol. The quantitative estimate of drug-likeness (QED) is 0.633. The van der Waals surface area contributed by atoms with Crippen LogP contribution < -0.4 is 0 Å². The Balaban J connectivity index is 1.86. The third-order valence-corrected chi connectivity index (χ3v) is 5.53. The van der Waals surface area contributed by atoms with Crippen molar-refractivity contribution in [3.05, 3.63) is 40.5 Å². The fraction of sp³-hybridized carbons (Fsp3) is 0.591. The lowest BCUT2D eigenvalue weighted by Gasteiger charge is -2.24. The topological polar surface area (TPSA) is 46.5 Å². The van der Waals surface area contributed by atoms with Gasteiger partial charge in [0.05, 0.1) is 12.5 Å². The minimum Gasteiger partial charge on any atom is -0.458 e. The van der Waals surface area contributed by atoms with Crippen LogP contribution in [0.3, 0.4) is 0 Å². The fourth-order valence-corrected chi connectivity index (χ4v) is 4.30. The number of ether oxygens (including phenoxy) is 1. The molecule has 0 amide bonds. The molecule has 2 atom stereocenters. The number of hydrogen-bond acceptors (Lipinski definition) is 3. The van der Waals surface area contributed by atoms with Crippen LogP contribution in [-0.4, -0.2) is 23.3 Å². The van der Waals surface area contributed by atoms with Gasteiger partial charge >= 0.3 is 5.97 Å². The molecule has 3 heteroatoms. The monoisotopic (exact) mass is 342 g/mol. The summed E-state index contributed by atoms with van der Waals surface area (Å²) in [7, 11) is 0. The zero-order valence-corrected chi connectivity index (χ0v) is 15.5. The number of aliphatic hydroxyl groups excluding tert-OH is 1. The van der Waals surface area contributed by atoms with Crippen molar-refractivity contribution in [1.82, 2.24) is 0 Å². The van der Waals surface area contributed by atoms with Gasteiger partial charge in [-0.3, -0.25) is 4.79 Å². The molecule has 2 unspecified atom stereocenters. The van der Waals surface area contributed by atoms with Crippen molar-refractivity contribution in [2.24, 2.45) is 0 Å². The van der Waals surface area contributed by atoms with E-state index in [1.165, 1.54) is 60.8 Å². The summed E-state index contributed by atoms with van der Waals surface area (Å²) in [5.74, 6) is 0.318. The summed E-state index contributed by atoms with van der Waals surface area (Å²) in [4.78, 5) is 11.5. The maximum atomic E-state index is 11.5. The van der Waals surface area contributed by atoms with Gasteiger partial charge in [0.1, 0.15) is 6.10 Å².